The molecule has 1 saturated carbocycles. The molecule has 0 spiro atoms. The van der Waals surface area contributed by atoms with E-state index < -0.39 is 38.6 Å². The summed E-state index contributed by atoms with van der Waals surface area (Å²) >= 11 is -1.27. The average Bonchev–Trinajstić information content (AvgIpc) is 2.01. The van der Waals surface area contributed by atoms with Crippen LogP contribution in [0.25, 0.3) is 0 Å². The molecule has 17 heavy (non-hydrogen) atoms. The van der Waals surface area contributed by atoms with Crippen molar-refractivity contribution < 1.29 is 41.1 Å². The SMILES string of the molecule is N.N.O=C(O)C1(C(=O)O)CCC1.O=[N+]([O-])[Pt][Cl]. The fraction of sp³-hybridized carbons (Fsp3) is 0.667. The van der Waals surface area contributed by atoms with E-state index >= 15 is 0 Å². The topological polar surface area (TPSA) is 188 Å². The van der Waals surface area contributed by atoms with Crippen LogP contribution < -0.4 is 12.3 Å². The summed E-state index contributed by atoms with van der Waals surface area (Å²) in [6.07, 6.45) is 1.26. The first kappa shape index (κ1) is 21.5. The molecule has 0 aromatic heterocycles. The second kappa shape index (κ2) is 9.29. The van der Waals surface area contributed by atoms with Crippen LogP contribution in [0.15, 0.2) is 0 Å². The van der Waals surface area contributed by atoms with Gasteiger partial charge < -0.3 is 22.5 Å². The minimum absolute atomic E-state index is 0. The zero-order valence-corrected chi connectivity index (χ0v) is 11.7. The Labute approximate surface area is 110 Å². The van der Waals surface area contributed by atoms with Crippen molar-refractivity contribution in [2.24, 2.45) is 5.41 Å². The Morgan fingerprint density at radius 2 is 1.53 bits per heavy atom. The van der Waals surface area contributed by atoms with Gasteiger partial charge in [0.15, 0.2) is 5.41 Å². The quantitative estimate of drug-likeness (QED) is 0.276. The van der Waals surface area contributed by atoms with Gasteiger partial charge in [-0.25, -0.2) is 0 Å². The van der Waals surface area contributed by atoms with Crippen LogP contribution in [0.1, 0.15) is 19.3 Å². The Kier molecular flexibility index (Phi) is 11.8. The van der Waals surface area contributed by atoms with Crippen LogP contribution in [0.3, 0.4) is 0 Å². The molecular weight excluding hydrogens is 441 g/mol. The number of carbonyl (C=O) groups is 2. The van der Waals surface area contributed by atoms with E-state index in [2.05, 4.69) is 0 Å². The van der Waals surface area contributed by atoms with Crippen molar-refractivity contribution in [1.82, 2.24) is 12.3 Å². The molecule has 0 amide bonds. The fourth-order valence-electron chi connectivity index (χ4n) is 1.05. The van der Waals surface area contributed by atoms with Crippen molar-refractivity contribution in [3.8, 4) is 0 Å². The van der Waals surface area contributed by atoms with Crippen molar-refractivity contribution in [1.29, 1.82) is 0 Å². The molecule has 1 rings (SSSR count). The number of nitro groups is 1. The van der Waals surface area contributed by atoms with Crippen molar-refractivity contribution in [3.05, 3.63) is 10.1 Å². The molecule has 0 unspecified atom stereocenters. The maximum absolute atomic E-state index is 10.4. The van der Waals surface area contributed by atoms with Crippen molar-refractivity contribution in [2.75, 3.05) is 0 Å². The molecule has 1 fully saturated rings. The van der Waals surface area contributed by atoms with Crippen LogP contribution in [-0.2, 0) is 27.4 Å². The Balaban J connectivity index is -0.000000247. The van der Waals surface area contributed by atoms with Crippen LogP contribution in [0.5, 0.6) is 0 Å². The summed E-state index contributed by atoms with van der Waals surface area (Å²) < 4.78 is -0.498. The Morgan fingerprint density at radius 3 is 1.53 bits per heavy atom. The summed E-state index contributed by atoms with van der Waals surface area (Å²) in [5.41, 5.74) is -1.44. The van der Waals surface area contributed by atoms with E-state index in [1.54, 1.807) is 0 Å². The Morgan fingerprint density at radius 1 is 1.24 bits per heavy atom. The molecule has 106 valence electrons. The van der Waals surface area contributed by atoms with E-state index in [4.69, 9.17) is 29.7 Å². The minimum atomic E-state index is -1.44. The van der Waals surface area contributed by atoms with E-state index in [0.717, 1.165) is 0 Å². The molecule has 1 aliphatic carbocycles. The first-order valence-electron chi connectivity index (χ1n) is 3.69. The number of carboxylic acid groups (broad SMARTS) is 2. The van der Waals surface area contributed by atoms with Gasteiger partial charge in [0, 0.05) is 0 Å². The van der Waals surface area contributed by atoms with Crippen LogP contribution in [-0.4, -0.2) is 25.6 Å². The number of hydrogen-bond donors (Lipinski definition) is 4. The third-order valence-corrected chi connectivity index (χ3v) is 3.10. The van der Waals surface area contributed by atoms with Crippen LogP contribution in [0.2, 0.25) is 0 Å². The number of rotatable bonds is 3. The first-order valence-corrected chi connectivity index (χ1v) is 7.52. The molecule has 0 saturated heterocycles. The number of nitrogens with zero attached hydrogens (tertiary/aromatic N) is 1. The van der Waals surface area contributed by atoms with Crippen molar-refractivity contribution in [2.45, 2.75) is 19.3 Å². The van der Waals surface area contributed by atoms with Crippen LogP contribution in [0.4, 0.5) is 0 Å². The monoisotopic (exact) mass is 454 g/mol. The predicted octanol–water partition coefficient (Wildman–Crippen LogP) is 1.06. The summed E-state index contributed by atoms with van der Waals surface area (Å²) in [6, 6.07) is 0. The molecule has 0 aromatic rings. The number of hydrogen-bond acceptors (Lipinski definition) is 6. The molecule has 11 heteroatoms. The van der Waals surface area contributed by atoms with E-state index in [0.29, 0.717) is 6.42 Å². The molecule has 0 atom stereocenters. The van der Waals surface area contributed by atoms with Gasteiger partial charge in [-0.3, -0.25) is 9.59 Å². The summed E-state index contributed by atoms with van der Waals surface area (Å²) in [5.74, 6) is -2.41. The summed E-state index contributed by atoms with van der Waals surface area (Å²) in [6.45, 7) is 0. The summed E-state index contributed by atoms with van der Waals surface area (Å²) in [5, 5.41) is 26.0. The standard InChI is InChI=1S/C6H8O4.ClH.NO2.2H3N.Pt/c7-4(8)6(5(9)10)2-1-3-6;;2-1-3;;;/h1-3H2,(H,7,8)(H,9,10);1H;;2*1H3;/q;;;;;+1/p-1. The number of carboxylic acids is 2. The van der Waals surface area contributed by atoms with Gasteiger partial charge in [-0.05, 0) is 19.3 Å². The summed E-state index contributed by atoms with van der Waals surface area (Å²) in [4.78, 5) is 29.8. The van der Waals surface area contributed by atoms with E-state index in [9.17, 15) is 9.59 Å². The zero-order valence-electron chi connectivity index (χ0n) is 8.70. The number of halogens is 1. The van der Waals surface area contributed by atoms with Gasteiger partial charge >= 0.3 is 52.7 Å². The third-order valence-electron chi connectivity index (χ3n) is 2.07. The molecule has 0 radical (unpaired) electrons. The number of aliphatic carboxylic acids is 2. The van der Waals surface area contributed by atoms with Gasteiger partial charge in [0.2, 0.25) is 0 Å². The van der Waals surface area contributed by atoms with Crippen LogP contribution >= 0.6 is 9.42 Å². The fourth-order valence-corrected chi connectivity index (χ4v) is 1.05. The van der Waals surface area contributed by atoms with Gasteiger partial charge in [0.25, 0.3) is 0 Å². The Bertz CT molecular complexity index is 269. The van der Waals surface area contributed by atoms with Gasteiger partial charge in [-0.1, -0.05) is 0 Å². The molecule has 0 heterocycles. The molecule has 0 bridgehead atoms. The molecule has 0 aliphatic heterocycles. The van der Waals surface area contributed by atoms with Gasteiger partial charge in [0.1, 0.15) is 0 Å². The molecule has 8 N–H and O–H groups in total. The van der Waals surface area contributed by atoms with Gasteiger partial charge in [-0.15, -0.1) is 0 Å². The summed E-state index contributed by atoms with van der Waals surface area (Å²) in [7, 11) is 4.75. The third kappa shape index (κ3) is 5.92. The van der Waals surface area contributed by atoms with Gasteiger partial charge in [-0.2, -0.15) is 0 Å². The van der Waals surface area contributed by atoms with E-state index in [-0.39, 0.29) is 25.1 Å². The average molecular weight is 455 g/mol. The van der Waals surface area contributed by atoms with Crippen molar-refractivity contribution in [3.63, 3.8) is 0 Å². The second-order valence-corrected chi connectivity index (χ2v) is 4.88. The molecule has 1 aliphatic rings. The predicted molar refractivity (Wildman–Crippen MR) is 54.4 cm³/mol. The van der Waals surface area contributed by atoms with Crippen molar-refractivity contribution >= 4 is 21.4 Å². The van der Waals surface area contributed by atoms with Crippen LogP contribution in [0, 0.1) is 15.5 Å². The molecule has 0 aromatic carbocycles. The van der Waals surface area contributed by atoms with E-state index in [1.807, 2.05) is 0 Å². The van der Waals surface area contributed by atoms with Gasteiger partial charge in [0.05, 0.1) is 0 Å². The molecule has 9 nitrogen and oxygen atoms in total. The maximum atomic E-state index is 10.4. The normalized spacial score (nSPS) is 14.9. The Hall–Kier alpha value is -0.762. The first-order chi connectivity index (χ1) is 6.86. The zero-order chi connectivity index (χ0) is 12.1. The van der Waals surface area contributed by atoms with E-state index in [1.165, 1.54) is 0 Å². The second-order valence-electron chi connectivity index (χ2n) is 2.79. The molecular formula is C6H14ClN3O6Pt.